The first-order valence-electron chi connectivity index (χ1n) is 5.32. The van der Waals surface area contributed by atoms with E-state index < -0.39 is 0 Å². The number of hydrogen-bond donors (Lipinski definition) is 2. The van der Waals surface area contributed by atoms with E-state index in [1.54, 1.807) is 18.2 Å². The molecular formula is C12H10N2O3S. The number of rotatable bonds is 3. The molecule has 2 aromatic rings. The molecule has 2 heterocycles. The van der Waals surface area contributed by atoms with Crippen molar-refractivity contribution in [3.05, 3.63) is 41.3 Å². The highest BCUT2D eigenvalue weighted by Gasteiger charge is 2.15. The fourth-order valence-corrected chi connectivity index (χ4v) is 2.15. The Morgan fingerprint density at radius 1 is 1.22 bits per heavy atom. The Labute approximate surface area is 107 Å². The lowest BCUT2D eigenvalue weighted by Crippen LogP contribution is -2.28. The molecule has 1 aliphatic rings. The van der Waals surface area contributed by atoms with E-state index in [4.69, 9.17) is 9.47 Å². The average molecular weight is 262 g/mol. The summed E-state index contributed by atoms with van der Waals surface area (Å²) in [5.74, 6) is 1.04. The SMILES string of the molecule is O=C(NNc1cccs1)c1ccc2c(c1)OCO2. The summed E-state index contributed by atoms with van der Waals surface area (Å²) in [5.41, 5.74) is 5.97. The summed E-state index contributed by atoms with van der Waals surface area (Å²) in [6, 6.07) is 8.86. The van der Waals surface area contributed by atoms with E-state index in [0.717, 1.165) is 5.00 Å². The second-order valence-corrected chi connectivity index (χ2v) is 4.57. The number of carbonyl (C=O) groups is 1. The van der Waals surface area contributed by atoms with Crippen LogP contribution in [0.15, 0.2) is 35.7 Å². The van der Waals surface area contributed by atoms with Gasteiger partial charge < -0.3 is 9.47 Å². The summed E-state index contributed by atoms with van der Waals surface area (Å²) >= 11 is 1.51. The molecule has 3 rings (SSSR count). The maximum atomic E-state index is 11.9. The molecule has 0 atom stereocenters. The topological polar surface area (TPSA) is 59.6 Å². The van der Waals surface area contributed by atoms with Crippen molar-refractivity contribution < 1.29 is 14.3 Å². The summed E-state index contributed by atoms with van der Waals surface area (Å²) in [4.78, 5) is 11.9. The van der Waals surface area contributed by atoms with Crippen molar-refractivity contribution in [3.63, 3.8) is 0 Å². The van der Waals surface area contributed by atoms with Gasteiger partial charge in [-0.2, -0.15) is 0 Å². The van der Waals surface area contributed by atoms with Gasteiger partial charge in [0.05, 0.1) is 0 Å². The van der Waals surface area contributed by atoms with E-state index >= 15 is 0 Å². The fraction of sp³-hybridized carbons (Fsp3) is 0.0833. The molecule has 1 aliphatic heterocycles. The predicted molar refractivity (Wildman–Crippen MR) is 68.0 cm³/mol. The van der Waals surface area contributed by atoms with Gasteiger partial charge in [0.15, 0.2) is 11.5 Å². The number of thiophene rings is 1. The van der Waals surface area contributed by atoms with Crippen molar-refractivity contribution in [2.45, 2.75) is 0 Å². The molecule has 0 saturated carbocycles. The predicted octanol–water partition coefficient (Wildman–Crippen LogP) is 2.23. The van der Waals surface area contributed by atoms with E-state index in [1.807, 2.05) is 17.5 Å². The molecule has 0 bridgehead atoms. The number of fused-ring (bicyclic) bond motifs is 1. The second kappa shape index (κ2) is 4.58. The zero-order valence-corrected chi connectivity index (χ0v) is 10.1. The minimum absolute atomic E-state index is 0.202. The van der Waals surface area contributed by atoms with Crippen LogP contribution in [0.2, 0.25) is 0 Å². The molecule has 0 radical (unpaired) electrons. The van der Waals surface area contributed by atoms with Crippen LogP contribution in [0.4, 0.5) is 5.00 Å². The Balaban J connectivity index is 1.69. The van der Waals surface area contributed by atoms with E-state index in [0.29, 0.717) is 17.1 Å². The number of hydrogen-bond acceptors (Lipinski definition) is 5. The van der Waals surface area contributed by atoms with Crippen molar-refractivity contribution in [1.29, 1.82) is 0 Å². The molecule has 6 heteroatoms. The van der Waals surface area contributed by atoms with E-state index in [2.05, 4.69) is 10.9 Å². The van der Waals surface area contributed by atoms with E-state index in [1.165, 1.54) is 11.3 Å². The minimum Gasteiger partial charge on any atom is -0.454 e. The van der Waals surface area contributed by atoms with Gasteiger partial charge in [-0.15, -0.1) is 11.3 Å². The molecule has 1 aromatic heterocycles. The van der Waals surface area contributed by atoms with Crippen LogP contribution in [0, 0.1) is 0 Å². The van der Waals surface area contributed by atoms with Crippen LogP contribution in [-0.4, -0.2) is 12.7 Å². The van der Waals surface area contributed by atoms with Crippen LogP contribution >= 0.6 is 11.3 Å². The highest BCUT2D eigenvalue weighted by molar-refractivity contribution is 7.14. The maximum absolute atomic E-state index is 11.9. The van der Waals surface area contributed by atoms with Gasteiger partial charge in [-0.3, -0.25) is 15.6 Å². The zero-order chi connectivity index (χ0) is 12.4. The average Bonchev–Trinajstić information content (AvgIpc) is 3.05. The molecule has 0 spiro atoms. The normalized spacial score (nSPS) is 12.2. The zero-order valence-electron chi connectivity index (χ0n) is 9.30. The highest BCUT2D eigenvalue weighted by atomic mass is 32.1. The van der Waals surface area contributed by atoms with Gasteiger partial charge in [-0.1, -0.05) is 0 Å². The Bertz CT molecular complexity index is 569. The number of carbonyl (C=O) groups excluding carboxylic acids is 1. The second-order valence-electron chi connectivity index (χ2n) is 3.62. The molecular weight excluding hydrogens is 252 g/mol. The van der Waals surface area contributed by atoms with Crippen LogP contribution < -0.4 is 20.3 Å². The van der Waals surface area contributed by atoms with Crippen molar-refractivity contribution in [2.24, 2.45) is 0 Å². The number of benzene rings is 1. The molecule has 0 saturated heterocycles. The smallest absolute Gasteiger partial charge is 0.269 e. The summed E-state index contributed by atoms with van der Waals surface area (Å²) < 4.78 is 10.4. The van der Waals surface area contributed by atoms with Gasteiger partial charge in [-0.05, 0) is 35.7 Å². The van der Waals surface area contributed by atoms with E-state index in [9.17, 15) is 4.79 Å². The lowest BCUT2D eigenvalue weighted by atomic mass is 10.2. The monoisotopic (exact) mass is 262 g/mol. The van der Waals surface area contributed by atoms with Gasteiger partial charge in [0, 0.05) is 5.56 Å². The summed E-state index contributed by atoms with van der Waals surface area (Å²) in [6.45, 7) is 0.202. The Morgan fingerprint density at radius 3 is 2.94 bits per heavy atom. The Hall–Kier alpha value is -2.21. The Morgan fingerprint density at radius 2 is 2.11 bits per heavy atom. The van der Waals surface area contributed by atoms with Crippen molar-refractivity contribution in [1.82, 2.24) is 5.43 Å². The molecule has 92 valence electrons. The third-order valence-corrected chi connectivity index (χ3v) is 3.24. The van der Waals surface area contributed by atoms with Gasteiger partial charge in [-0.25, -0.2) is 0 Å². The molecule has 5 nitrogen and oxygen atoms in total. The maximum Gasteiger partial charge on any atom is 0.269 e. The standard InChI is InChI=1S/C12H10N2O3S/c15-12(14-13-11-2-1-5-18-11)8-3-4-9-10(6-8)17-7-16-9/h1-6,13H,7H2,(H,14,15). The largest absolute Gasteiger partial charge is 0.454 e. The van der Waals surface area contributed by atoms with Crippen LogP contribution in [0.5, 0.6) is 11.5 Å². The number of anilines is 1. The fourth-order valence-electron chi connectivity index (χ4n) is 1.58. The third-order valence-electron chi connectivity index (χ3n) is 2.46. The molecule has 1 amide bonds. The third kappa shape index (κ3) is 2.10. The van der Waals surface area contributed by atoms with Crippen LogP contribution in [-0.2, 0) is 0 Å². The van der Waals surface area contributed by atoms with Crippen LogP contribution in [0.3, 0.4) is 0 Å². The first-order chi connectivity index (χ1) is 8.83. The number of hydrazine groups is 1. The van der Waals surface area contributed by atoms with Gasteiger partial charge >= 0.3 is 0 Å². The number of ether oxygens (including phenoxy) is 2. The van der Waals surface area contributed by atoms with Crippen LogP contribution in [0.1, 0.15) is 10.4 Å². The molecule has 1 aromatic carbocycles. The van der Waals surface area contributed by atoms with Gasteiger partial charge in [0.25, 0.3) is 5.91 Å². The number of amides is 1. The van der Waals surface area contributed by atoms with E-state index in [-0.39, 0.29) is 12.7 Å². The summed E-state index contributed by atoms with van der Waals surface area (Å²) in [7, 11) is 0. The van der Waals surface area contributed by atoms with Crippen molar-refractivity contribution >= 4 is 22.2 Å². The van der Waals surface area contributed by atoms with Gasteiger partial charge in [0.2, 0.25) is 6.79 Å². The molecule has 18 heavy (non-hydrogen) atoms. The molecule has 0 fully saturated rings. The lowest BCUT2D eigenvalue weighted by molar-refractivity contribution is 0.0962. The molecule has 0 aliphatic carbocycles. The minimum atomic E-state index is -0.221. The van der Waals surface area contributed by atoms with Crippen molar-refractivity contribution in [3.8, 4) is 11.5 Å². The lowest BCUT2D eigenvalue weighted by Gasteiger charge is -2.06. The quantitative estimate of drug-likeness (QED) is 0.833. The first-order valence-corrected chi connectivity index (χ1v) is 6.20. The Kier molecular flexibility index (Phi) is 2.77. The van der Waals surface area contributed by atoms with Crippen molar-refractivity contribution in [2.75, 3.05) is 12.2 Å². The summed E-state index contributed by atoms with van der Waals surface area (Å²) in [5, 5.41) is 2.80. The summed E-state index contributed by atoms with van der Waals surface area (Å²) in [6.07, 6.45) is 0. The first kappa shape index (κ1) is 10.9. The highest BCUT2D eigenvalue weighted by Crippen LogP contribution is 2.32. The van der Waals surface area contributed by atoms with Gasteiger partial charge in [0.1, 0.15) is 5.00 Å². The molecule has 2 N–H and O–H groups in total. The number of nitrogens with one attached hydrogen (secondary N) is 2. The van der Waals surface area contributed by atoms with Crippen LogP contribution in [0.25, 0.3) is 0 Å². The molecule has 0 unspecified atom stereocenters.